The van der Waals surface area contributed by atoms with E-state index in [1.807, 2.05) is 13.1 Å². The molecule has 0 fully saturated rings. The van der Waals surface area contributed by atoms with Gasteiger partial charge in [0.15, 0.2) is 8.32 Å². The number of ether oxygens (including phenoxy) is 1. The number of carbonyl (C=O) groups excluding carboxylic acids is 2. The smallest absolute Gasteiger partial charge is 0.334 e. The summed E-state index contributed by atoms with van der Waals surface area (Å²) < 4.78 is 10.5. The van der Waals surface area contributed by atoms with Crippen LogP contribution in [0.1, 0.15) is 27.2 Å². The molecule has 0 heterocycles. The molecule has 0 bridgehead atoms. The summed E-state index contributed by atoms with van der Waals surface area (Å²) in [7, 11) is -0.743. The highest BCUT2D eigenvalue weighted by Crippen LogP contribution is 2.37. The van der Waals surface area contributed by atoms with Gasteiger partial charge in [-0.05, 0) is 18.1 Å². The lowest BCUT2D eigenvalue weighted by Gasteiger charge is -2.38. The van der Waals surface area contributed by atoms with Gasteiger partial charge in [0.05, 0.1) is 7.11 Å². The predicted octanol–water partition coefficient (Wildman–Crippen LogP) is 2.14. The molecule has 0 N–H and O–H groups in total. The molecule has 0 radical (unpaired) electrons. The molecule has 0 amide bonds. The van der Waals surface area contributed by atoms with Gasteiger partial charge in [-0.1, -0.05) is 20.8 Å². The van der Waals surface area contributed by atoms with Crippen LogP contribution in [0.4, 0.5) is 0 Å². The lowest BCUT2D eigenvalue weighted by atomic mass is 10.2. The lowest BCUT2D eigenvalue weighted by molar-refractivity contribution is -0.150. The zero-order valence-corrected chi connectivity index (χ0v) is 12.0. The van der Waals surface area contributed by atoms with Gasteiger partial charge in [0.1, 0.15) is 12.4 Å². The summed E-state index contributed by atoms with van der Waals surface area (Å²) in [5.41, 5.74) is 0. The van der Waals surface area contributed by atoms with Crippen molar-refractivity contribution in [3.8, 4) is 0 Å². The van der Waals surface area contributed by atoms with Crippen molar-refractivity contribution < 1.29 is 18.8 Å². The maximum Gasteiger partial charge on any atom is 0.334 e. The Labute approximate surface area is 98.4 Å². The minimum absolute atomic E-state index is 0.00214. The molecule has 1 atom stereocenters. The molecule has 0 spiro atoms. The van der Waals surface area contributed by atoms with Crippen LogP contribution in [0, 0.1) is 0 Å². The van der Waals surface area contributed by atoms with Crippen molar-refractivity contribution in [1.82, 2.24) is 0 Å². The highest BCUT2D eigenvalue weighted by atomic mass is 28.4. The fourth-order valence-electron chi connectivity index (χ4n) is 0.944. The maximum atomic E-state index is 11.4. The molecule has 0 aliphatic heterocycles. The van der Waals surface area contributed by atoms with Crippen molar-refractivity contribution in [3.63, 3.8) is 0 Å². The summed E-state index contributed by atoms with van der Waals surface area (Å²) in [5.74, 6) is -0.475. The van der Waals surface area contributed by atoms with E-state index in [1.165, 1.54) is 7.11 Å². The van der Waals surface area contributed by atoms with Crippen LogP contribution in [0.15, 0.2) is 0 Å². The van der Waals surface area contributed by atoms with Crippen LogP contribution in [0.2, 0.25) is 18.1 Å². The Morgan fingerprint density at radius 2 is 1.88 bits per heavy atom. The summed E-state index contributed by atoms with van der Waals surface area (Å²) in [6.07, 6.45) is -0.0168. The Morgan fingerprint density at radius 3 is 2.19 bits per heavy atom. The third kappa shape index (κ3) is 4.06. The molecule has 0 aliphatic carbocycles. The molecule has 94 valence electrons. The maximum absolute atomic E-state index is 11.4. The second-order valence-electron chi connectivity index (χ2n) is 5.29. The fraction of sp³-hybridized carbons (Fsp3) is 0.818. The monoisotopic (exact) mass is 246 g/mol. The van der Waals surface area contributed by atoms with Crippen molar-refractivity contribution in [3.05, 3.63) is 0 Å². The molecule has 5 heteroatoms. The fourth-order valence-corrected chi connectivity index (χ4v) is 2.20. The Morgan fingerprint density at radius 1 is 1.38 bits per heavy atom. The molecule has 0 rings (SSSR count). The molecule has 0 aromatic carbocycles. The average molecular weight is 246 g/mol. The normalized spacial score (nSPS) is 14.4. The first-order chi connectivity index (χ1) is 7.15. The van der Waals surface area contributed by atoms with Crippen molar-refractivity contribution in [2.75, 3.05) is 7.11 Å². The van der Waals surface area contributed by atoms with Gasteiger partial charge in [-0.25, -0.2) is 4.79 Å². The minimum atomic E-state index is -2.04. The van der Waals surface area contributed by atoms with Crippen LogP contribution in [0.5, 0.6) is 0 Å². The van der Waals surface area contributed by atoms with E-state index in [1.54, 1.807) is 0 Å². The molecule has 0 unspecified atom stereocenters. The topological polar surface area (TPSA) is 52.6 Å². The van der Waals surface area contributed by atoms with E-state index in [-0.39, 0.29) is 11.5 Å². The highest BCUT2D eigenvalue weighted by Gasteiger charge is 2.40. The molecule has 0 aromatic rings. The van der Waals surface area contributed by atoms with Crippen LogP contribution >= 0.6 is 0 Å². The number of methoxy groups -OCH3 is 1. The van der Waals surface area contributed by atoms with Gasteiger partial charge < -0.3 is 14.0 Å². The number of hydrogen-bond acceptors (Lipinski definition) is 4. The van der Waals surface area contributed by atoms with Crippen molar-refractivity contribution in [1.29, 1.82) is 0 Å². The zero-order valence-electron chi connectivity index (χ0n) is 11.0. The van der Waals surface area contributed by atoms with Crippen LogP contribution in [-0.4, -0.2) is 33.8 Å². The van der Waals surface area contributed by atoms with Gasteiger partial charge in [0.2, 0.25) is 0 Å². The second kappa shape index (κ2) is 5.59. The summed E-state index contributed by atoms with van der Waals surface area (Å²) in [6.45, 7) is 10.3. The van der Waals surface area contributed by atoms with E-state index >= 15 is 0 Å². The van der Waals surface area contributed by atoms with Gasteiger partial charge in [-0.2, -0.15) is 0 Å². The van der Waals surface area contributed by atoms with E-state index in [0.717, 1.165) is 0 Å². The first-order valence-corrected chi connectivity index (χ1v) is 8.26. The number of carbonyl (C=O) groups is 2. The van der Waals surface area contributed by atoms with Crippen LogP contribution < -0.4 is 0 Å². The second-order valence-corrected chi connectivity index (χ2v) is 10.0. The number of aldehydes is 1. The summed E-state index contributed by atoms with van der Waals surface area (Å²) >= 11 is 0. The Hall–Kier alpha value is -0.683. The zero-order chi connectivity index (χ0) is 13.0. The standard InChI is InChI=1S/C11H22O4Si/c1-11(2,3)16(5,6)15-9(7-8-12)10(13)14-4/h8-9H,7H2,1-6H3/t9-/m0/s1. The van der Waals surface area contributed by atoms with E-state index < -0.39 is 20.4 Å². The van der Waals surface area contributed by atoms with Crippen LogP contribution in [-0.2, 0) is 18.8 Å². The first-order valence-electron chi connectivity index (χ1n) is 5.35. The SMILES string of the molecule is COC(=O)[C@H](CC=O)O[Si](C)(C)C(C)(C)C. The summed E-state index contributed by atoms with van der Waals surface area (Å²) in [6, 6.07) is 0. The van der Waals surface area contributed by atoms with Crippen molar-refractivity contribution in [2.45, 2.75) is 51.4 Å². The van der Waals surface area contributed by atoms with Crippen LogP contribution in [0.3, 0.4) is 0 Å². The van der Waals surface area contributed by atoms with E-state index in [4.69, 9.17) is 4.43 Å². The average Bonchev–Trinajstić information content (AvgIpc) is 2.14. The Balaban J connectivity index is 4.75. The van der Waals surface area contributed by atoms with Gasteiger partial charge >= 0.3 is 5.97 Å². The van der Waals surface area contributed by atoms with E-state index in [0.29, 0.717) is 6.29 Å². The van der Waals surface area contributed by atoms with E-state index in [9.17, 15) is 9.59 Å². The third-order valence-corrected chi connectivity index (χ3v) is 7.50. The first kappa shape index (κ1) is 15.3. The number of rotatable bonds is 5. The number of esters is 1. The lowest BCUT2D eigenvalue weighted by Crippen LogP contribution is -2.46. The molecular weight excluding hydrogens is 224 g/mol. The minimum Gasteiger partial charge on any atom is -0.467 e. The van der Waals surface area contributed by atoms with Crippen molar-refractivity contribution in [2.24, 2.45) is 0 Å². The van der Waals surface area contributed by atoms with Gasteiger partial charge in [0.25, 0.3) is 0 Å². The molecule has 0 saturated carbocycles. The Bertz CT molecular complexity index is 255. The Kier molecular flexibility index (Phi) is 5.35. The quantitative estimate of drug-likeness (QED) is 0.424. The predicted molar refractivity (Wildman–Crippen MR) is 64.8 cm³/mol. The van der Waals surface area contributed by atoms with Gasteiger partial charge in [0, 0.05) is 6.42 Å². The molecule has 0 saturated heterocycles. The molecule has 4 nitrogen and oxygen atoms in total. The summed E-state index contributed by atoms with van der Waals surface area (Å²) in [5, 5.41) is 0.00214. The summed E-state index contributed by atoms with van der Waals surface area (Å²) in [4.78, 5) is 21.9. The molecule has 0 aromatic heterocycles. The van der Waals surface area contributed by atoms with Crippen molar-refractivity contribution >= 4 is 20.6 Å². The van der Waals surface area contributed by atoms with Gasteiger partial charge in [-0.3, -0.25) is 0 Å². The molecule has 16 heavy (non-hydrogen) atoms. The van der Waals surface area contributed by atoms with Gasteiger partial charge in [-0.15, -0.1) is 0 Å². The van der Waals surface area contributed by atoms with Crippen LogP contribution in [0.25, 0.3) is 0 Å². The third-order valence-electron chi connectivity index (χ3n) is 3.02. The highest BCUT2D eigenvalue weighted by molar-refractivity contribution is 6.74. The molecule has 0 aliphatic rings. The largest absolute Gasteiger partial charge is 0.467 e. The molecular formula is C11H22O4Si. The number of hydrogen-bond donors (Lipinski definition) is 0. The van der Waals surface area contributed by atoms with E-state index in [2.05, 4.69) is 25.5 Å².